The molecule has 0 saturated carbocycles. The number of hydrogen-bond acceptors (Lipinski definition) is 8. The zero-order valence-corrected chi connectivity index (χ0v) is 45.1. The molecule has 0 fully saturated rings. The SMILES string of the molecule is CP(=O)(CCCCCCCCCCCCCCC(CCCCCCCCCCCCCCP(=O)(OCc1ccccc1)OCc1ccccc1)(C(=O)O)C(=O)OCc1ccccc1)OCc1ccccc1. The van der Waals surface area contributed by atoms with Crippen molar-refractivity contribution in [2.45, 2.75) is 193 Å². The third kappa shape index (κ3) is 26.6. The Morgan fingerprint density at radius 3 is 1.01 bits per heavy atom. The molecule has 4 aromatic rings. The van der Waals surface area contributed by atoms with Crippen molar-refractivity contribution in [3.63, 3.8) is 0 Å². The van der Waals surface area contributed by atoms with Crippen LogP contribution in [0.4, 0.5) is 0 Å². The lowest BCUT2D eigenvalue weighted by Gasteiger charge is -2.27. The zero-order chi connectivity index (χ0) is 50.6. The van der Waals surface area contributed by atoms with E-state index in [9.17, 15) is 23.8 Å². The lowest BCUT2D eigenvalue weighted by molar-refractivity contribution is -0.171. The van der Waals surface area contributed by atoms with Crippen LogP contribution in [0.3, 0.4) is 0 Å². The van der Waals surface area contributed by atoms with Crippen LogP contribution in [-0.4, -0.2) is 36.0 Å². The van der Waals surface area contributed by atoms with Gasteiger partial charge in [0.15, 0.2) is 5.41 Å². The van der Waals surface area contributed by atoms with Crippen LogP contribution in [0, 0.1) is 5.41 Å². The maximum Gasteiger partial charge on any atom is 0.331 e. The zero-order valence-electron chi connectivity index (χ0n) is 43.3. The Labute approximate surface area is 428 Å². The Morgan fingerprint density at radius 1 is 0.394 bits per heavy atom. The summed E-state index contributed by atoms with van der Waals surface area (Å²) in [5.74, 6) is -1.66. The van der Waals surface area contributed by atoms with Gasteiger partial charge in [0.1, 0.15) is 6.61 Å². The number of unbranched alkanes of at least 4 members (excludes halogenated alkanes) is 22. The number of carboxylic acids is 1. The Balaban J connectivity index is 1.04. The first-order valence-corrected chi connectivity index (χ1v) is 31.2. The van der Waals surface area contributed by atoms with Gasteiger partial charge in [0.05, 0.1) is 26.0 Å². The van der Waals surface area contributed by atoms with E-state index in [4.69, 9.17) is 18.3 Å². The third-order valence-electron chi connectivity index (χ3n) is 13.6. The van der Waals surface area contributed by atoms with Gasteiger partial charge in [-0.05, 0) is 47.9 Å². The lowest BCUT2D eigenvalue weighted by Crippen LogP contribution is -2.41. The Morgan fingerprint density at radius 2 is 0.676 bits per heavy atom. The van der Waals surface area contributed by atoms with Crippen LogP contribution in [0.15, 0.2) is 121 Å². The predicted molar refractivity (Wildman–Crippen MR) is 291 cm³/mol. The summed E-state index contributed by atoms with van der Waals surface area (Å²) in [5.41, 5.74) is 2.35. The van der Waals surface area contributed by atoms with Crippen molar-refractivity contribution in [2.24, 2.45) is 5.41 Å². The fourth-order valence-corrected chi connectivity index (χ4v) is 12.1. The molecule has 0 radical (unpaired) electrons. The summed E-state index contributed by atoms with van der Waals surface area (Å²) in [4.78, 5) is 26.6. The maximum atomic E-state index is 13.7. The summed E-state index contributed by atoms with van der Waals surface area (Å²) >= 11 is 0. The Kier molecular flexibility index (Phi) is 30.4. The van der Waals surface area contributed by atoms with E-state index in [1.165, 1.54) is 51.4 Å². The highest BCUT2D eigenvalue weighted by Gasteiger charge is 2.46. The second-order valence-corrected chi connectivity index (χ2v) is 24.7. The van der Waals surface area contributed by atoms with E-state index in [1.54, 1.807) is 6.66 Å². The molecule has 0 aliphatic rings. The first-order chi connectivity index (χ1) is 34.6. The monoisotopic (exact) mass is 1010 g/mol. The van der Waals surface area contributed by atoms with Crippen LogP contribution in [0.1, 0.15) is 189 Å². The number of hydrogen-bond donors (Lipinski definition) is 1. The molecule has 2 atom stereocenters. The van der Waals surface area contributed by atoms with Crippen LogP contribution in [0.5, 0.6) is 0 Å². The van der Waals surface area contributed by atoms with Crippen LogP contribution in [0.25, 0.3) is 0 Å². The molecule has 0 aromatic heterocycles. The smallest absolute Gasteiger partial charge is 0.331 e. The summed E-state index contributed by atoms with van der Waals surface area (Å²) < 4.78 is 49.9. The van der Waals surface area contributed by atoms with Gasteiger partial charge in [-0.15, -0.1) is 0 Å². The van der Waals surface area contributed by atoms with Crippen molar-refractivity contribution in [1.29, 1.82) is 0 Å². The summed E-state index contributed by atoms with van der Waals surface area (Å²) in [6.45, 7) is 2.79. The molecule has 2 unspecified atom stereocenters. The molecule has 0 spiro atoms. The summed E-state index contributed by atoms with van der Waals surface area (Å²) in [5, 5.41) is 10.6. The number of esters is 1. The quantitative estimate of drug-likeness (QED) is 0.0200. The van der Waals surface area contributed by atoms with Crippen LogP contribution in [0.2, 0.25) is 0 Å². The fraction of sp³-hybridized carbons (Fsp3) is 0.567. The number of carboxylic acid groups (broad SMARTS) is 1. The summed E-state index contributed by atoms with van der Waals surface area (Å²) in [7, 11) is -5.82. The maximum absolute atomic E-state index is 13.7. The highest BCUT2D eigenvalue weighted by molar-refractivity contribution is 7.58. The molecule has 0 aliphatic carbocycles. The largest absolute Gasteiger partial charge is 0.480 e. The van der Waals surface area contributed by atoms with E-state index >= 15 is 0 Å². The average Bonchev–Trinajstić information content (AvgIpc) is 3.39. The standard InChI is InChI=1S/C60H88O9P2/c1-70(64,67-51-55-40-28-23-29-41-55)48-36-20-16-12-8-4-2-6-10-14-18-34-46-60(58(61)62,59(63)66-50-54-38-26-22-27-39-54)47-35-19-15-11-7-3-5-9-13-17-21-37-49-71(65,68-52-56-42-30-24-31-43-56)69-53-57-44-32-25-33-45-57/h22-33,38-45H,2-21,34-37,46-53H2,1H3,(H,61,62). The fourth-order valence-electron chi connectivity index (χ4n) is 9.10. The minimum absolute atomic E-state index is 0.0794. The van der Waals surface area contributed by atoms with Gasteiger partial charge in [0, 0.05) is 12.8 Å². The first-order valence-electron chi connectivity index (χ1n) is 27.2. The molecule has 0 heterocycles. The molecule has 0 bridgehead atoms. The third-order valence-corrected chi connectivity index (χ3v) is 17.3. The number of carbonyl (C=O) groups is 2. The van der Waals surface area contributed by atoms with Gasteiger partial charge in [0.2, 0.25) is 7.37 Å². The van der Waals surface area contributed by atoms with E-state index in [-0.39, 0.29) is 19.8 Å². The second-order valence-electron chi connectivity index (χ2n) is 19.8. The van der Waals surface area contributed by atoms with Gasteiger partial charge in [-0.1, -0.05) is 263 Å². The second kappa shape index (κ2) is 36.1. The first kappa shape index (κ1) is 59.7. The van der Waals surface area contributed by atoms with Crippen molar-refractivity contribution in [3.05, 3.63) is 144 Å². The molecule has 4 rings (SSSR count). The van der Waals surface area contributed by atoms with Crippen molar-refractivity contribution >= 4 is 26.9 Å². The molecule has 0 saturated heterocycles. The molecule has 4 aromatic carbocycles. The van der Waals surface area contributed by atoms with E-state index in [1.807, 2.05) is 121 Å². The van der Waals surface area contributed by atoms with Gasteiger partial charge in [-0.3, -0.25) is 18.7 Å². The molecule has 1 N–H and O–H groups in total. The van der Waals surface area contributed by atoms with Crippen molar-refractivity contribution in [1.82, 2.24) is 0 Å². The number of carbonyl (C=O) groups excluding carboxylic acids is 1. The van der Waals surface area contributed by atoms with Crippen LogP contribution in [-0.2, 0) is 63.5 Å². The van der Waals surface area contributed by atoms with Crippen molar-refractivity contribution in [2.75, 3.05) is 19.0 Å². The normalized spacial score (nSPS) is 13.4. The van der Waals surface area contributed by atoms with Crippen LogP contribution < -0.4 is 0 Å². The molecular formula is C60H88O9P2. The van der Waals surface area contributed by atoms with Crippen LogP contribution >= 0.6 is 15.0 Å². The molecule has 392 valence electrons. The minimum Gasteiger partial charge on any atom is -0.480 e. The molecule has 71 heavy (non-hydrogen) atoms. The van der Waals surface area contributed by atoms with Crippen molar-refractivity contribution < 1.29 is 42.1 Å². The van der Waals surface area contributed by atoms with E-state index in [2.05, 4.69) is 0 Å². The van der Waals surface area contributed by atoms with Crippen molar-refractivity contribution in [3.8, 4) is 0 Å². The Hall–Kier alpha value is -3.84. The average molecular weight is 1020 g/mol. The van der Waals surface area contributed by atoms with Gasteiger partial charge in [-0.2, -0.15) is 0 Å². The molecule has 11 heteroatoms. The number of aliphatic carboxylic acids is 1. The highest BCUT2D eigenvalue weighted by Crippen LogP contribution is 2.51. The van der Waals surface area contributed by atoms with Gasteiger partial charge in [-0.25, -0.2) is 0 Å². The lowest BCUT2D eigenvalue weighted by atomic mass is 9.77. The van der Waals surface area contributed by atoms with E-state index in [0.29, 0.717) is 44.6 Å². The minimum atomic E-state index is -3.25. The van der Waals surface area contributed by atoms with Gasteiger partial charge < -0.3 is 23.4 Å². The Bertz CT molecular complexity index is 2020. The summed E-state index contributed by atoms with van der Waals surface area (Å²) in [6.07, 6.45) is 27.1. The van der Waals surface area contributed by atoms with E-state index in [0.717, 1.165) is 112 Å². The summed E-state index contributed by atoms with van der Waals surface area (Å²) in [6, 6.07) is 39.0. The molecule has 9 nitrogen and oxygen atoms in total. The highest BCUT2D eigenvalue weighted by atomic mass is 31.2. The van der Waals surface area contributed by atoms with Gasteiger partial charge in [0.25, 0.3) is 0 Å². The molecule has 0 amide bonds. The molecule has 0 aliphatic heterocycles. The van der Waals surface area contributed by atoms with E-state index < -0.39 is 32.3 Å². The number of rotatable bonds is 43. The molecular weight excluding hydrogens is 927 g/mol. The van der Waals surface area contributed by atoms with Gasteiger partial charge >= 0.3 is 19.5 Å². The number of benzene rings is 4. The topological polar surface area (TPSA) is 125 Å². The number of ether oxygens (including phenoxy) is 1. The predicted octanol–water partition coefficient (Wildman–Crippen LogP) is 17.7.